The molecular weight excluding hydrogens is 362 g/mol. The van der Waals surface area contributed by atoms with Gasteiger partial charge in [-0.15, -0.1) is 0 Å². The first-order valence-corrected chi connectivity index (χ1v) is 9.97. The van der Waals surface area contributed by atoms with E-state index in [2.05, 4.69) is 28.5 Å². The third kappa shape index (κ3) is 3.40. The average Bonchev–Trinajstić information content (AvgIpc) is 3.40. The van der Waals surface area contributed by atoms with Gasteiger partial charge in [-0.05, 0) is 68.1 Å². The van der Waals surface area contributed by atoms with Crippen molar-refractivity contribution in [2.24, 2.45) is 0 Å². The Bertz CT molecular complexity index is 1150. The highest BCUT2D eigenvalue weighted by Gasteiger charge is 2.28. The van der Waals surface area contributed by atoms with Crippen molar-refractivity contribution in [1.29, 1.82) is 5.26 Å². The van der Waals surface area contributed by atoms with Crippen LogP contribution in [0.2, 0.25) is 0 Å². The molecule has 29 heavy (non-hydrogen) atoms. The Hall–Kier alpha value is -3.46. The Kier molecular flexibility index (Phi) is 4.17. The number of hydrogen-bond donors (Lipinski definition) is 1. The fourth-order valence-electron chi connectivity index (χ4n) is 4.01. The Labute approximate surface area is 169 Å². The molecule has 1 aliphatic heterocycles. The van der Waals surface area contributed by atoms with Gasteiger partial charge in [0.05, 0.1) is 29.1 Å². The van der Waals surface area contributed by atoms with Crippen LogP contribution in [0.25, 0.3) is 11.3 Å². The number of fused-ring (bicyclic) bond motifs is 1. The number of carbonyl (C=O) groups is 1. The van der Waals surface area contributed by atoms with Gasteiger partial charge in [0.1, 0.15) is 0 Å². The standard InChI is InChI=1S/C23H21N5O/c1-14-8-15(13-24)10-18(9-14)23(29)26-19-5-7-28-22(19)12-21(27-28)17-4-6-25-20(11-17)16-2-3-16/h4,6,8-12,16,19H,2-3,5,7H2,1H3,(H,26,29). The number of pyridine rings is 1. The smallest absolute Gasteiger partial charge is 0.251 e. The van der Waals surface area contributed by atoms with E-state index < -0.39 is 0 Å². The van der Waals surface area contributed by atoms with Crippen LogP contribution >= 0.6 is 0 Å². The van der Waals surface area contributed by atoms with E-state index in [0.29, 0.717) is 17.0 Å². The molecule has 1 unspecified atom stereocenters. The summed E-state index contributed by atoms with van der Waals surface area (Å²) < 4.78 is 1.98. The van der Waals surface area contributed by atoms with Gasteiger partial charge < -0.3 is 5.32 Å². The summed E-state index contributed by atoms with van der Waals surface area (Å²) in [4.78, 5) is 17.3. The number of aryl methyl sites for hydroxylation is 2. The van der Waals surface area contributed by atoms with Crippen LogP contribution in [0, 0.1) is 18.3 Å². The van der Waals surface area contributed by atoms with Crippen molar-refractivity contribution < 1.29 is 4.79 Å². The third-order valence-corrected chi connectivity index (χ3v) is 5.64. The Morgan fingerprint density at radius 2 is 2.07 bits per heavy atom. The largest absolute Gasteiger partial charge is 0.344 e. The Morgan fingerprint density at radius 3 is 2.86 bits per heavy atom. The van der Waals surface area contributed by atoms with Gasteiger partial charge in [0, 0.05) is 35.5 Å². The second-order valence-electron chi connectivity index (χ2n) is 7.94. The summed E-state index contributed by atoms with van der Waals surface area (Å²) in [6, 6.07) is 13.5. The summed E-state index contributed by atoms with van der Waals surface area (Å²) in [5, 5.41) is 17.0. The van der Waals surface area contributed by atoms with Gasteiger partial charge in [-0.3, -0.25) is 14.5 Å². The second kappa shape index (κ2) is 6.85. The molecule has 0 spiro atoms. The Morgan fingerprint density at radius 1 is 1.21 bits per heavy atom. The highest BCUT2D eigenvalue weighted by molar-refractivity contribution is 5.95. The molecule has 5 rings (SSSR count). The zero-order valence-corrected chi connectivity index (χ0v) is 16.2. The number of carbonyl (C=O) groups excluding carboxylic acids is 1. The van der Waals surface area contributed by atoms with Crippen LogP contribution in [0.1, 0.15) is 64.1 Å². The van der Waals surface area contributed by atoms with E-state index in [0.717, 1.165) is 41.2 Å². The van der Waals surface area contributed by atoms with Gasteiger partial charge in [0.15, 0.2) is 0 Å². The number of amides is 1. The van der Waals surface area contributed by atoms with Crippen LogP contribution < -0.4 is 5.32 Å². The number of aromatic nitrogens is 3. The molecule has 3 aromatic rings. The third-order valence-electron chi connectivity index (χ3n) is 5.64. The van der Waals surface area contributed by atoms with Crippen molar-refractivity contribution in [2.75, 3.05) is 0 Å². The molecule has 1 amide bonds. The molecule has 1 fully saturated rings. The molecule has 0 saturated heterocycles. The van der Waals surface area contributed by atoms with Crippen LogP contribution in [0.5, 0.6) is 0 Å². The molecule has 3 heterocycles. The topological polar surface area (TPSA) is 83.6 Å². The van der Waals surface area contributed by atoms with E-state index >= 15 is 0 Å². The van der Waals surface area contributed by atoms with Crippen LogP contribution in [0.4, 0.5) is 0 Å². The molecule has 1 aliphatic carbocycles. The van der Waals surface area contributed by atoms with E-state index in [-0.39, 0.29) is 11.9 Å². The van der Waals surface area contributed by atoms with Gasteiger partial charge in [-0.2, -0.15) is 10.4 Å². The number of nitriles is 1. The predicted molar refractivity (Wildman–Crippen MR) is 108 cm³/mol. The predicted octanol–water partition coefficient (Wildman–Crippen LogP) is 3.88. The highest BCUT2D eigenvalue weighted by Crippen LogP contribution is 2.40. The van der Waals surface area contributed by atoms with E-state index in [4.69, 9.17) is 10.4 Å². The average molecular weight is 383 g/mol. The summed E-state index contributed by atoms with van der Waals surface area (Å²) in [7, 11) is 0. The van der Waals surface area contributed by atoms with Gasteiger partial charge in [-0.25, -0.2) is 0 Å². The van der Waals surface area contributed by atoms with Crippen molar-refractivity contribution in [3.8, 4) is 17.3 Å². The second-order valence-corrected chi connectivity index (χ2v) is 7.94. The van der Waals surface area contributed by atoms with Gasteiger partial charge >= 0.3 is 0 Å². The summed E-state index contributed by atoms with van der Waals surface area (Å²) in [5.74, 6) is 0.440. The normalized spacial score (nSPS) is 17.6. The summed E-state index contributed by atoms with van der Waals surface area (Å²) in [6.45, 7) is 2.66. The van der Waals surface area contributed by atoms with Crippen LogP contribution in [-0.2, 0) is 6.54 Å². The monoisotopic (exact) mass is 383 g/mol. The molecule has 0 bridgehead atoms. The molecule has 6 heteroatoms. The minimum atomic E-state index is -0.161. The number of hydrogen-bond acceptors (Lipinski definition) is 4. The lowest BCUT2D eigenvalue weighted by Crippen LogP contribution is -2.27. The molecule has 144 valence electrons. The van der Waals surface area contributed by atoms with E-state index in [9.17, 15) is 4.79 Å². The molecule has 1 saturated carbocycles. The molecule has 2 aliphatic rings. The van der Waals surface area contributed by atoms with E-state index in [1.165, 1.54) is 12.8 Å². The zero-order chi connectivity index (χ0) is 20.0. The molecule has 0 radical (unpaired) electrons. The van der Waals surface area contributed by atoms with E-state index in [1.54, 1.807) is 12.1 Å². The first-order chi connectivity index (χ1) is 14.1. The molecule has 1 N–H and O–H groups in total. The van der Waals surface area contributed by atoms with Crippen LogP contribution in [0.15, 0.2) is 42.6 Å². The lowest BCUT2D eigenvalue weighted by atomic mass is 10.1. The minimum absolute atomic E-state index is 0.0838. The van der Waals surface area contributed by atoms with E-state index in [1.807, 2.05) is 29.9 Å². The maximum absolute atomic E-state index is 12.8. The lowest BCUT2D eigenvalue weighted by Gasteiger charge is -2.12. The summed E-state index contributed by atoms with van der Waals surface area (Å²) >= 11 is 0. The number of benzene rings is 1. The van der Waals surface area contributed by atoms with Crippen LogP contribution in [0.3, 0.4) is 0 Å². The van der Waals surface area contributed by atoms with Crippen molar-refractivity contribution in [2.45, 2.75) is 44.7 Å². The van der Waals surface area contributed by atoms with Crippen molar-refractivity contribution in [3.05, 3.63) is 70.7 Å². The van der Waals surface area contributed by atoms with Gasteiger partial charge in [0.2, 0.25) is 0 Å². The first-order valence-electron chi connectivity index (χ1n) is 9.97. The molecule has 1 aromatic carbocycles. The molecule has 6 nitrogen and oxygen atoms in total. The maximum atomic E-state index is 12.8. The zero-order valence-electron chi connectivity index (χ0n) is 16.2. The fourth-order valence-corrected chi connectivity index (χ4v) is 4.01. The quantitative estimate of drug-likeness (QED) is 0.741. The summed E-state index contributed by atoms with van der Waals surface area (Å²) in [6.07, 6.45) is 5.11. The molecular formula is C23H21N5O. The van der Waals surface area contributed by atoms with Crippen molar-refractivity contribution in [3.63, 3.8) is 0 Å². The van der Waals surface area contributed by atoms with Crippen molar-refractivity contribution >= 4 is 5.91 Å². The first kappa shape index (κ1) is 17.6. The molecule has 2 aromatic heterocycles. The van der Waals surface area contributed by atoms with Crippen LogP contribution in [-0.4, -0.2) is 20.7 Å². The number of rotatable bonds is 4. The molecule has 1 atom stereocenters. The minimum Gasteiger partial charge on any atom is -0.344 e. The summed E-state index contributed by atoms with van der Waals surface area (Å²) in [5.41, 5.74) is 6.08. The van der Waals surface area contributed by atoms with Gasteiger partial charge in [0.25, 0.3) is 5.91 Å². The highest BCUT2D eigenvalue weighted by atomic mass is 16.1. The maximum Gasteiger partial charge on any atom is 0.251 e. The SMILES string of the molecule is Cc1cc(C#N)cc(C(=O)NC2CCn3nc(-c4ccnc(C5CC5)c4)cc32)c1. The number of nitrogens with one attached hydrogen (secondary N) is 1. The fraction of sp³-hybridized carbons (Fsp3) is 0.304. The number of nitrogens with zero attached hydrogens (tertiary/aromatic N) is 4. The lowest BCUT2D eigenvalue weighted by molar-refractivity contribution is 0.0936. The Balaban J connectivity index is 1.38. The van der Waals surface area contributed by atoms with Crippen molar-refractivity contribution in [1.82, 2.24) is 20.1 Å². The van der Waals surface area contributed by atoms with Gasteiger partial charge in [-0.1, -0.05) is 0 Å².